The van der Waals surface area contributed by atoms with E-state index >= 15 is 0 Å². The first-order valence-electron chi connectivity index (χ1n) is 7.33. The van der Waals surface area contributed by atoms with Crippen molar-refractivity contribution in [3.8, 4) is 6.07 Å². The van der Waals surface area contributed by atoms with Crippen LogP contribution in [0.4, 0.5) is 0 Å². The molecule has 0 aliphatic heterocycles. The Balaban J connectivity index is 2.02. The van der Waals surface area contributed by atoms with Gasteiger partial charge in [0.2, 0.25) is 5.91 Å². The van der Waals surface area contributed by atoms with E-state index in [4.69, 9.17) is 0 Å². The number of nitrogens with one attached hydrogen (secondary N) is 1. The molecule has 0 bridgehead atoms. The van der Waals surface area contributed by atoms with Crippen molar-refractivity contribution < 1.29 is 4.79 Å². The van der Waals surface area contributed by atoms with Crippen molar-refractivity contribution in [2.24, 2.45) is 0 Å². The first-order valence-corrected chi connectivity index (χ1v) is 8.31. The molecule has 1 aliphatic carbocycles. The number of rotatable bonds is 4. The predicted octanol–water partition coefficient (Wildman–Crippen LogP) is 3.03. The van der Waals surface area contributed by atoms with Crippen molar-refractivity contribution in [2.45, 2.75) is 57.5 Å². The lowest BCUT2D eigenvalue weighted by Gasteiger charge is -2.13. The summed E-state index contributed by atoms with van der Waals surface area (Å²) in [5, 5.41) is 13.0. The van der Waals surface area contributed by atoms with Crippen LogP contribution in [0.2, 0.25) is 0 Å². The van der Waals surface area contributed by atoms with E-state index in [1.807, 2.05) is 20.8 Å². The summed E-state index contributed by atoms with van der Waals surface area (Å²) in [6, 6.07) is 2.55. The molecule has 1 aliphatic rings. The van der Waals surface area contributed by atoms with Crippen molar-refractivity contribution in [3.05, 3.63) is 22.4 Å². The maximum atomic E-state index is 12.0. The van der Waals surface area contributed by atoms with Gasteiger partial charge < -0.3 is 5.32 Å². The van der Waals surface area contributed by atoms with Crippen LogP contribution >= 0.6 is 11.8 Å². The van der Waals surface area contributed by atoms with Gasteiger partial charge in [-0.05, 0) is 44.7 Å². The van der Waals surface area contributed by atoms with Crippen molar-refractivity contribution in [3.63, 3.8) is 0 Å². The Morgan fingerprint density at radius 3 is 2.62 bits per heavy atom. The summed E-state index contributed by atoms with van der Waals surface area (Å²) in [6.45, 7) is 5.84. The van der Waals surface area contributed by atoms with Crippen LogP contribution in [0.3, 0.4) is 0 Å². The van der Waals surface area contributed by atoms with Crippen LogP contribution in [0, 0.1) is 32.1 Å². The maximum Gasteiger partial charge on any atom is 0.230 e. The largest absolute Gasteiger partial charge is 0.353 e. The van der Waals surface area contributed by atoms with Gasteiger partial charge in [0.1, 0.15) is 11.1 Å². The standard InChI is InChI=1S/C16H21N3OS/c1-10-11(2)14(8-17)16(18-12(10)3)21-9-15(20)19-13-6-4-5-7-13/h13H,4-7,9H2,1-3H3,(H,19,20). The average Bonchev–Trinajstić information content (AvgIpc) is 2.95. The smallest absolute Gasteiger partial charge is 0.230 e. The second-order valence-corrected chi connectivity index (χ2v) is 6.54. The second kappa shape index (κ2) is 6.95. The minimum atomic E-state index is 0.0356. The molecule has 21 heavy (non-hydrogen) atoms. The molecule has 1 aromatic heterocycles. The highest BCUT2D eigenvalue weighted by atomic mass is 32.2. The van der Waals surface area contributed by atoms with Gasteiger partial charge in [-0.2, -0.15) is 5.26 Å². The summed E-state index contributed by atoms with van der Waals surface area (Å²) in [5.41, 5.74) is 3.52. The lowest BCUT2D eigenvalue weighted by atomic mass is 10.1. The van der Waals surface area contributed by atoms with Crippen LogP contribution in [0.15, 0.2) is 5.03 Å². The van der Waals surface area contributed by atoms with E-state index in [1.54, 1.807) is 0 Å². The third-order valence-electron chi connectivity index (χ3n) is 4.14. The number of hydrogen-bond acceptors (Lipinski definition) is 4. The number of carbonyl (C=O) groups excluding carboxylic acids is 1. The van der Waals surface area contributed by atoms with Crippen molar-refractivity contribution in [1.29, 1.82) is 5.26 Å². The molecule has 0 radical (unpaired) electrons. The zero-order chi connectivity index (χ0) is 15.4. The maximum absolute atomic E-state index is 12.0. The fraction of sp³-hybridized carbons (Fsp3) is 0.562. The first-order chi connectivity index (χ1) is 10.0. The Kier molecular flexibility index (Phi) is 5.24. The van der Waals surface area contributed by atoms with Gasteiger partial charge in [0, 0.05) is 11.7 Å². The van der Waals surface area contributed by atoms with Crippen molar-refractivity contribution >= 4 is 17.7 Å². The average molecular weight is 303 g/mol. The van der Waals surface area contributed by atoms with E-state index in [0.717, 1.165) is 29.7 Å². The fourth-order valence-corrected chi connectivity index (χ4v) is 3.52. The van der Waals surface area contributed by atoms with E-state index in [-0.39, 0.29) is 5.91 Å². The van der Waals surface area contributed by atoms with Gasteiger partial charge in [0.05, 0.1) is 11.3 Å². The number of aromatic nitrogens is 1. The molecule has 0 unspecified atom stereocenters. The molecule has 1 aromatic rings. The number of pyridine rings is 1. The van der Waals surface area contributed by atoms with Crippen LogP contribution in [0.5, 0.6) is 0 Å². The minimum Gasteiger partial charge on any atom is -0.353 e. The van der Waals surface area contributed by atoms with Crippen LogP contribution in [-0.2, 0) is 4.79 Å². The molecule has 0 spiro atoms. The van der Waals surface area contributed by atoms with Gasteiger partial charge in [-0.15, -0.1) is 0 Å². The Hall–Kier alpha value is -1.54. The third-order valence-corrected chi connectivity index (χ3v) is 5.11. The fourth-order valence-electron chi connectivity index (χ4n) is 2.62. The van der Waals surface area contributed by atoms with Gasteiger partial charge in [0.25, 0.3) is 0 Å². The number of nitrogens with zero attached hydrogens (tertiary/aromatic N) is 2. The second-order valence-electron chi connectivity index (χ2n) is 5.58. The van der Waals surface area contributed by atoms with Gasteiger partial charge in [-0.25, -0.2) is 4.98 Å². The summed E-state index contributed by atoms with van der Waals surface area (Å²) in [7, 11) is 0. The monoisotopic (exact) mass is 303 g/mol. The third kappa shape index (κ3) is 3.76. The van der Waals surface area contributed by atoms with E-state index < -0.39 is 0 Å². The summed E-state index contributed by atoms with van der Waals surface area (Å²) >= 11 is 1.35. The highest BCUT2D eigenvalue weighted by Crippen LogP contribution is 2.26. The number of amides is 1. The van der Waals surface area contributed by atoms with E-state index in [2.05, 4.69) is 16.4 Å². The molecule has 112 valence electrons. The van der Waals surface area contributed by atoms with Gasteiger partial charge in [0.15, 0.2) is 0 Å². The molecule has 0 aromatic carbocycles. The van der Waals surface area contributed by atoms with Gasteiger partial charge >= 0.3 is 0 Å². The van der Waals surface area contributed by atoms with E-state index in [1.165, 1.54) is 24.6 Å². The van der Waals surface area contributed by atoms with Crippen LogP contribution in [0.25, 0.3) is 0 Å². The predicted molar refractivity (Wildman–Crippen MR) is 84.3 cm³/mol. The van der Waals surface area contributed by atoms with Crippen LogP contribution in [0.1, 0.15) is 48.1 Å². The van der Waals surface area contributed by atoms with E-state index in [0.29, 0.717) is 22.4 Å². The lowest BCUT2D eigenvalue weighted by molar-refractivity contribution is -0.119. The first kappa shape index (κ1) is 15.8. The molecule has 1 amide bonds. The molecule has 1 N–H and O–H groups in total. The molecule has 2 rings (SSSR count). The number of aryl methyl sites for hydroxylation is 1. The topological polar surface area (TPSA) is 65.8 Å². The van der Waals surface area contributed by atoms with Crippen LogP contribution in [-0.4, -0.2) is 22.7 Å². The summed E-state index contributed by atoms with van der Waals surface area (Å²) in [5.74, 6) is 0.355. The quantitative estimate of drug-likeness (QED) is 0.868. The zero-order valence-corrected chi connectivity index (χ0v) is 13.6. The van der Waals surface area contributed by atoms with Gasteiger partial charge in [-0.1, -0.05) is 24.6 Å². The molecule has 0 atom stereocenters. The summed E-state index contributed by atoms with van der Waals surface area (Å²) in [4.78, 5) is 16.4. The number of carbonyl (C=O) groups is 1. The molecule has 5 heteroatoms. The molecular formula is C16H21N3OS. The number of hydrogen-bond donors (Lipinski definition) is 1. The molecule has 1 heterocycles. The highest BCUT2D eigenvalue weighted by Gasteiger charge is 2.18. The molecule has 0 saturated heterocycles. The summed E-state index contributed by atoms with van der Waals surface area (Å²) in [6.07, 6.45) is 4.57. The molecule has 1 fully saturated rings. The summed E-state index contributed by atoms with van der Waals surface area (Å²) < 4.78 is 0. The Morgan fingerprint density at radius 2 is 2.00 bits per heavy atom. The Morgan fingerprint density at radius 1 is 1.33 bits per heavy atom. The molecule has 1 saturated carbocycles. The number of thioether (sulfide) groups is 1. The number of nitriles is 1. The SMILES string of the molecule is Cc1nc(SCC(=O)NC2CCCC2)c(C#N)c(C)c1C. The van der Waals surface area contributed by atoms with E-state index in [9.17, 15) is 10.1 Å². The van der Waals surface area contributed by atoms with Gasteiger partial charge in [-0.3, -0.25) is 4.79 Å². The zero-order valence-electron chi connectivity index (χ0n) is 12.8. The lowest BCUT2D eigenvalue weighted by Crippen LogP contribution is -2.33. The van der Waals surface area contributed by atoms with Crippen molar-refractivity contribution in [2.75, 3.05) is 5.75 Å². The van der Waals surface area contributed by atoms with Crippen LogP contribution < -0.4 is 5.32 Å². The normalized spacial score (nSPS) is 15.0. The Labute approximate surface area is 130 Å². The molecular weight excluding hydrogens is 282 g/mol. The Bertz CT molecular complexity index is 586. The molecule has 4 nitrogen and oxygen atoms in total. The highest BCUT2D eigenvalue weighted by molar-refractivity contribution is 8.00. The van der Waals surface area contributed by atoms with Crippen molar-refractivity contribution in [1.82, 2.24) is 10.3 Å². The minimum absolute atomic E-state index is 0.0356.